The van der Waals surface area contributed by atoms with Gasteiger partial charge in [0, 0.05) is 57.1 Å². The Morgan fingerprint density at radius 2 is 1.79 bits per heavy atom. The van der Waals surface area contributed by atoms with Crippen LogP contribution in [0, 0.1) is 30.1 Å². The van der Waals surface area contributed by atoms with Crippen LogP contribution in [0.1, 0.15) is 66.9 Å². The van der Waals surface area contributed by atoms with Crippen LogP contribution in [0.5, 0.6) is 5.75 Å². The van der Waals surface area contributed by atoms with Crippen LogP contribution in [-0.2, 0) is 15.8 Å². The lowest BCUT2D eigenvalue weighted by atomic mass is 9.47. The number of likely N-dealkylation sites (tertiary alicyclic amines) is 1. The van der Waals surface area contributed by atoms with Crippen LogP contribution < -0.4 is 31.3 Å². The number of carbonyl (C=O) groups excluding carboxylic acids is 3. The van der Waals surface area contributed by atoms with Crippen LogP contribution in [0.25, 0.3) is 0 Å². The first kappa shape index (κ1) is 36.4. The van der Waals surface area contributed by atoms with Gasteiger partial charge in [0.25, 0.3) is 5.91 Å². The van der Waals surface area contributed by atoms with E-state index in [1.807, 2.05) is 0 Å². The third-order valence-electron chi connectivity index (χ3n) is 11.5. The number of nitrogens with zero attached hydrogens (tertiary/aromatic N) is 3. The van der Waals surface area contributed by atoms with Gasteiger partial charge in [-0.15, -0.1) is 0 Å². The Hall–Kier alpha value is -4.92. The number of aryl methyl sites for hydroxylation is 1. The van der Waals surface area contributed by atoms with Gasteiger partial charge in [-0.05, 0) is 87.0 Å². The maximum Gasteiger partial charge on any atom is 0.421 e. The van der Waals surface area contributed by atoms with Crippen molar-refractivity contribution in [2.75, 3.05) is 43.2 Å². The number of methoxy groups -OCH3 is 1. The molecule has 53 heavy (non-hydrogen) atoms. The van der Waals surface area contributed by atoms with E-state index in [2.05, 4.69) is 41.5 Å². The second-order valence-corrected chi connectivity index (χ2v) is 15.1. The number of hydrogen-bond acceptors (Lipinski definition) is 9. The van der Waals surface area contributed by atoms with Crippen LogP contribution in [0.2, 0.25) is 0 Å². The summed E-state index contributed by atoms with van der Waals surface area (Å²) in [5, 5.41) is 14.4. The average Bonchev–Trinajstić information content (AvgIpc) is 3.55. The molecule has 15 heteroatoms. The molecule has 0 spiro atoms. The van der Waals surface area contributed by atoms with Gasteiger partial charge in [0.15, 0.2) is 0 Å². The van der Waals surface area contributed by atoms with E-state index in [0.29, 0.717) is 52.7 Å². The van der Waals surface area contributed by atoms with Crippen LogP contribution in [0.15, 0.2) is 42.6 Å². The number of halogens is 3. The second kappa shape index (κ2) is 14.1. The molecule has 5 fully saturated rings. The minimum atomic E-state index is -4.78. The number of para-hydroxylation sites is 1. The van der Waals surface area contributed by atoms with Crippen molar-refractivity contribution in [2.45, 2.75) is 70.6 Å². The third-order valence-corrected chi connectivity index (χ3v) is 11.5. The SMILES string of the molecule is CNC(=O)c1cccc(C)c1Nc1nc(Nc2ccc(NC(=O)[C@]34CC5CC(C3)[C@@H](N3CC[C@H](NC(C)=O)C3)C(C5)C4)cc2OC)ncc1C(F)(F)F. The van der Waals surface area contributed by atoms with Crippen LogP contribution in [-0.4, -0.2) is 71.9 Å². The van der Waals surface area contributed by atoms with Crippen molar-refractivity contribution in [3.8, 4) is 5.75 Å². The maximum absolute atomic E-state index is 14.1. The van der Waals surface area contributed by atoms with Gasteiger partial charge >= 0.3 is 6.18 Å². The Balaban J connectivity index is 1.07. The summed E-state index contributed by atoms with van der Waals surface area (Å²) in [4.78, 5) is 48.9. The van der Waals surface area contributed by atoms with Crippen molar-refractivity contribution in [3.63, 3.8) is 0 Å². The Bertz CT molecular complexity index is 1910. The van der Waals surface area contributed by atoms with E-state index < -0.39 is 28.9 Å². The van der Waals surface area contributed by atoms with Gasteiger partial charge in [-0.2, -0.15) is 18.2 Å². The molecule has 5 aliphatic rings. The fraction of sp³-hybridized carbons (Fsp3) is 0.500. The molecule has 4 saturated carbocycles. The zero-order valence-corrected chi connectivity index (χ0v) is 30.2. The number of alkyl halides is 3. The number of anilines is 5. The van der Waals surface area contributed by atoms with Gasteiger partial charge in [0.1, 0.15) is 17.1 Å². The maximum atomic E-state index is 14.1. The highest BCUT2D eigenvalue weighted by Gasteiger charge is 2.59. The molecule has 5 N–H and O–H groups in total. The fourth-order valence-electron chi connectivity index (χ4n) is 9.61. The monoisotopic (exact) mass is 734 g/mol. The van der Waals surface area contributed by atoms with Gasteiger partial charge in [-0.3, -0.25) is 19.3 Å². The normalized spacial score (nSPS) is 26.2. The highest BCUT2D eigenvalue weighted by Crippen LogP contribution is 2.61. The van der Waals surface area contributed by atoms with E-state index in [1.54, 1.807) is 44.2 Å². The van der Waals surface area contributed by atoms with Gasteiger partial charge in [0.05, 0.1) is 29.5 Å². The van der Waals surface area contributed by atoms with Crippen LogP contribution in [0.3, 0.4) is 0 Å². The molecule has 4 bridgehead atoms. The van der Waals surface area contributed by atoms with Crippen molar-refractivity contribution in [1.29, 1.82) is 0 Å². The zero-order chi connectivity index (χ0) is 37.7. The first-order valence-corrected chi connectivity index (χ1v) is 18.1. The Labute approximate surface area is 306 Å². The molecule has 2 heterocycles. The molecule has 1 saturated heterocycles. The van der Waals surface area contributed by atoms with Crippen molar-refractivity contribution in [1.82, 2.24) is 25.5 Å². The lowest BCUT2D eigenvalue weighted by Crippen LogP contribution is -2.61. The minimum Gasteiger partial charge on any atom is -0.494 e. The standard InChI is InChI=1S/C38H45F3N8O4/c1-20-6-5-7-27(34(51)42-3)31(20)47-33-28(38(39,40)41)18-43-36(48-33)46-29-9-8-25(14-30(29)53-4)45-35(52)37-15-22-12-23(16-37)32(24(13-22)17-37)49-11-10-26(19-49)44-21(2)50/h5-9,14,18,22-24,26,32H,10-13,15-17,19H2,1-4H3,(H,42,51)(H,44,50)(H,45,52)(H2,43,46,47,48)/t22?,23?,24?,26-,32-,37-/m0/s1. The average molecular weight is 735 g/mol. The first-order chi connectivity index (χ1) is 25.3. The predicted molar refractivity (Wildman–Crippen MR) is 193 cm³/mol. The van der Waals surface area contributed by atoms with E-state index >= 15 is 0 Å². The van der Waals surface area contributed by atoms with Gasteiger partial charge in [0.2, 0.25) is 17.8 Å². The molecular weight excluding hydrogens is 689 g/mol. The number of aromatic nitrogens is 2. The summed E-state index contributed by atoms with van der Waals surface area (Å²) in [7, 11) is 2.89. The summed E-state index contributed by atoms with van der Waals surface area (Å²) in [6, 6.07) is 10.5. The molecule has 2 aromatic carbocycles. The summed E-state index contributed by atoms with van der Waals surface area (Å²) in [5.74, 6) is 0.587. The fourth-order valence-corrected chi connectivity index (χ4v) is 9.61. The molecule has 12 nitrogen and oxygen atoms in total. The molecule has 3 amide bonds. The number of benzene rings is 2. The molecule has 282 valence electrons. The molecular formula is C38H45F3N8O4. The molecule has 8 rings (SSSR count). The van der Waals surface area contributed by atoms with Gasteiger partial charge in [-0.1, -0.05) is 12.1 Å². The second-order valence-electron chi connectivity index (χ2n) is 15.1. The summed E-state index contributed by atoms with van der Waals surface area (Å²) < 4.78 is 47.9. The van der Waals surface area contributed by atoms with Crippen molar-refractivity contribution < 1.29 is 32.3 Å². The van der Waals surface area contributed by atoms with E-state index in [9.17, 15) is 27.6 Å². The number of amides is 3. The van der Waals surface area contributed by atoms with E-state index in [4.69, 9.17) is 4.74 Å². The number of hydrogen-bond donors (Lipinski definition) is 5. The lowest BCUT2D eigenvalue weighted by molar-refractivity contribution is -0.150. The number of carbonyl (C=O) groups is 3. The van der Waals surface area contributed by atoms with E-state index in [-0.39, 0.29) is 35.1 Å². The van der Waals surface area contributed by atoms with Crippen LogP contribution >= 0.6 is 0 Å². The predicted octanol–water partition coefficient (Wildman–Crippen LogP) is 6.00. The highest BCUT2D eigenvalue weighted by atomic mass is 19.4. The lowest BCUT2D eigenvalue weighted by Gasteiger charge is -2.61. The van der Waals surface area contributed by atoms with Crippen LogP contribution in [0.4, 0.5) is 42.0 Å². The molecule has 1 aliphatic heterocycles. The first-order valence-electron chi connectivity index (χ1n) is 18.1. The quantitative estimate of drug-likeness (QED) is 0.169. The molecule has 0 radical (unpaired) electrons. The highest BCUT2D eigenvalue weighted by molar-refractivity contribution is 6.01. The summed E-state index contributed by atoms with van der Waals surface area (Å²) in [6.07, 6.45) is 1.66. The summed E-state index contributed by atoms with van der Waals surface area (Å²) in [6.45, 7) is 5.07. The minimum absolute atomic E-state index is 0.00442. The Morgan fingerprint density at radius 1 is 1.04 bits per heavy atom. The van der Waals surface area contributed by atoms with Crippen molar-refractivity contribution in [2.24, 2.45) is 23.2 Å². The Morgan fingerprint density at radius 3 is 2.47 bits per heavy atom. The molecule has 2 unspecified atom stereocenters. The summed E-state index contributed by atoms with van der Waals surface area (Å²) in [5.41, 5.74) is 0.248. The third kappa shape index (κ3) is 7.22. The van der Waals surface area contributed by atoms with Gasteiger partial charge < -0.3 is 31.3 Å². The molecule has 3 atom stereocenters. The summed E-state index contributed by atoms with van der Waals surface area (Å²) >= 11 is 0. The van der Waals surface area contributed by atoms with E-state index in [1.165, 1.54) is 20.2 Å². The number of ether oxygens (including phenoxy) is 1. The van der Waals surface area contributed by atoms with Crippen molar-refractivity contribution >= 4 is 46.5 Å². The van der Waals surface area contributed by atoms with Gasteiger partial charge in [-0.25, -0.2) is 4.98 Å². The topological polar surface area (TPSA) is 150 Å². The van der Waals surface area contributed by atoms with Crippen molar-refractivity contribution in [3.05, 3.63) is 59.3 Å². The smallest absolute Gasteiger partial charge is 0.421 e. The number of rotatable bonds is 10. The van der Waals surface area contributed by atoms with E-state index in [0.717, 1.165) is 51.6 Å². The molecule has 3 aromatic rings. The zero-order valence-electron chi connectivity index (χ0n) is 30.2. The molecule has 1 aromatic heterocycles. The number of nitrogens with one attached hydrogen (secondary N) is 5. The Kier molecular flexibility index (Phi) is 9.72. The molecule has 4 aliphatic carbocycles. The largest absolute Gasteiger partial charge is 0.494 e.